The molecule has 0 aromatic carbocycles. The van der Waals surface area contributed by atoms with E-state index in [1.54, 1.807) is 24.6 Å². The number of likely N-dealkylation sites (N-methyl/N-ethyl adjacent to an activating group) is 1. The second-order valence-electron chi connectivity index (χ2n) is 7.40. The first-order valence-corrected chi connectivity index (χ1v) is 10.7. The molecule has 156 valence electrons. The molecule has 0 radical (unpaired) electrons. The normalized spacial score (nSPS) is 14.9. The van der Waals surface area contributed by atoms with Gasteiger partial charge in [-0.3, -0.25) is 9.36 Å². The summed E-state index contributed by atoms with van der Waals surface area (Å²) >= 11 is 1.79. The molecule has 1 fully saturated rings. The van der Waals surface area contributed by atoms with Crippen LogP contribution in [0.5, 0.6) is 0 Å². The summed E-state index contributed by atoms with van der Waals surface area (Å²) in [4.78, 5) is 33.7. The van der Waals surface area contributed by atoms with Crippen LogP contribution < -0.4 is 16.1 Å². The van der Waals surface area contributed by atoms with Crippen molar-refractivity contribution in [2.75, 3.05) is 38.1 Å². The largest absolute Gasteiger partial charge is 0.346 e. The molecule has 3 heterocycles. The van der Waals surface area contributed by atoms with E-state index in [0.29, 0.717) is 0 Å². The quantitative estimate of drug-likeness (QED) is 0.777. The number of hydrogen-bond donors (Lipinski definition) is 0. The Bertz CT molecular complexity index is 873. The van der Waals surface area contributed by atoms with E-state index in [4.69, 9.17) is 0 Å². The highest BCUT2D eigenvalue weighted by atomic mass is 32.1. The molecule has 28 heavy (non-hydrogen) atoms. The summed E-state index contributed by atoms with van der Waals surface area (Å²) in [5, 5.41) is 1.19. The maximum Gasteiger partial charge on any atom is 0.330 e. The first kappa shape index (κ1) is 22.4. The average Bonchev–Trinajstić information content (AvgIpc) is 3.12. The van der Waals surface area contributed by atoms with E-state index in [9.17, 15) is 9.59 Å². The van der Waals surface area contributed by atoms with Crippen LogP contribution in [0.3, 0.4) is 0 Å². The molecule has 1 aliphatic rings. The lowest BCUT2D eigenvalue weighted by molar-refractivity contribution is 0.313. The third kappa shape index (κ3) is 5.32. The predicted molar refractivity (Wildman–Crippen MR) is 117 cm³/mol. The molecule has 0 aliphatic carbocycles. The molecule has 2 aromatic rings. The number of anilines is 1. The Morgan fingerprint density at radius 3 is 2.18 bits per heavy atom. The second-order valence-corrected chi connectivity index (χ2v) is 8.61. The van der Waals surface area contributed by atoms with Crippen LogP contribution in [-0.2, 0) is 14.1 Å². The van der Waals surface area contributed by atoms with E-state index in [1.165, 1.54) is 26.2 Å². The number of hydrogen-bond acceptors (Lipinski definition) is 6. The van der Waals surface area contributed by atoms with Gasteiger partial charge in [0.15, 0.2) is 5.13 Å². The summed E-state index contributed by atoms with van der Waals surface area (Å²) < 4.78 is 2.64. The zero-order chi connectivity index (χ0) is 20.8. The number of rotatable bonds is 4. The minimum Gasteiger partial charge on any atom is -0.346 e. The lowest BCUT2D eigenvalue weighted by Crippen LogP contribution is -2.44. The van der Waals surface area contributed by atoms with Gasteiger partial charge in [0.25, 0.3) is 5.56 Å². The molecule has 2 aromatic heterocycles. The van der Waals surface area contributed by atoms with Gasteiger partial charge in [-0.25, -0.2) is 9.78 Å². The number of nitrogens with zero attached hydrogens (tertiary/aromatic N) is 5. The molecular weight excluding hydrogens is 374 g/mol. The van der Waals surface area contributed by atoms with Crippen LogP contribution in [0, 0.1) is 6.92 Å². The smallest absolute Gasteiger partial charge is 0.330 e. The third-order valence-electron chi connectivity index (χ3n) is 5.28. The van der Waals surface area contributed by atoms with Crippen LogP contribution in [0.1, 0.15) is 43.0 Å². The lowest BCUT2D eigenvalue weighted by Gasteiger charge is -2.32. The van der Waals surface area contributed by atoms with E-state index in [0.717, 1.165) is 44.6 Å². The monoisotopic (exact) mass is 407 g/mol. The van der Waals surface area contributed by atoms with Crippen molar-refractivity contribution in [3.63, 3.8) is 0 Å². The molecule has 3 rings (SSSR count). The first-order chi connectivity index (χ1) is 13.3. The first-order valence-electron chi connectivity index (χ1n) is 9.90. The standard InChI is InChI=1S/C11H18N2O2.C9H15N3S/c1-5-8(6-2)9-7-12(3)11(15)13(4)10(9)14;1-8-7-10-9(13-8)12-5-3-11(2)4-6-12/h7-8H,5-6H2,1-4H3;7H,3-6H2,1-2H3. The van der Waals surface area contributed by atoms with Crippen molar-refractivity contribution in [2.24, 2.45) is 14.1 Å². The Labute approximate surface area is 171 Å². The minimum atomic E-state index is -0.269. The second kappa shape index (κ2) is 10.0. The van der Waals surface area contributed by atoms with Crippen LogP contribution in [0.15, 0.2) is 22.0 Å². The Morgan fingerprint density at radius 1 is 1.07 bits per heavy atom. The maximum absolute atomic E-state index is 11.9. The fourth-order valence-corrected chi connectivity index (χ4v) is 4.14. The van der Waals surface area contributed by atoms with Crippen molar-refractivity contribution in [1.29, 1.82) is 0 Å². The third-order valence-corrected chi connectivity index (χ3v) is 6.25. The Balaban J connectivity index is 0.000000202. The molecule has 0 N–H and O–H groups in total. The van der Waals surface area contributed by atoms with Gasteiger partial charge in [-0.2, -0.15) is 0 Å². The lowest BCUT2D eigenvalue weighted by atomic mass is 9.96. The molecule has 0 amide bonds. The summed E-state index contributed by atoms with van der Waals surface area (Å²) in [6.45, 7) is 10.7. The number of thiazole rings is 1. The highest BCUT2D eigenvalue weighted by Gasteiger charge is 2.16. The van der Waals surface area contributed by atoms with Gasteiger partial charge in [0.1, 0.15) is 0 Å². The van der Waals surface area contributed by atoms with Crippen LogP contribution in [0.25, 0.3) is 0 Å². The SMILES string of the molecule is CCC(CC)c1cn(C)c(=O)n(C)c1=O.Cc1cnc(N2CCN(C)CC2)s1. The van der Waals surface area contributed by atoms with Crippen LogP contribution in [0.2, 0.25) is 0 Å². The summed E-state index contributed by atoms with van der Waals surface area (Å²) in [5.41, 5.74) is 0.311. The van der Waals surface area contributed by atoms with Gasteiger partial charge in [0.2, 0.25) is 0 Å². The molecule has 1 saturated heterocycles. The van der Waals surface area contributed by atoms with Crippen molar-refractivity contribution in [3.05, 3.63) is 43.7 Å². The Hall–Kier alpha value is -1.93. The Kier molecular flexibility index (Phi) is 8.00. The minimum absolute atomic E-state index is 0.160. The Morgan fingerprint density at radius 2 is 1.68 bits per heavy atom. The van der Waals surface area contributed by atoms with Crippen LogP contribution in [0.4, 0.5) is 5.13 Å². The van der Waals surface area contributed by atoms with Gasteiger partial charge in [0.05, 0.1) is 0 Å². The van der Waals surface area contributed by atoms with Crippen LogP contribution >= 0.6 is 11.3 Å². The van der Waals surface area contributed by atoms with E-state index in [-0.39, 0.29) is 17.2 Å². The summed E-state index contributed by atoms with van der Waals surface area (Å²) in [7, 11) is 5.37. The van der Waals surface area contributed by atoms with Crippen molar-refractivity contribution >= 4 is 16.5 Å². The van der Waals surface area contributed by atoms with E-state index in [2.05, 4.69) is 42.6 Å². The van der Waals surface area contributed by atoms with Gasteiger partial charge < -0.3 is 14.4 Å². The van der Waals surface area contributed by atoms with Crippen molar-refractivity contribution in [2.45, 2.75) is 39.5 Å². The molecule has 0 atom stereocenters. The summed E-state index contributed by atoms with van der Waals surface area (Å²) in [6.07, 6.45) is 5.47. The van der Waals surface area contributed by atoms with E-state index >= 15 is 0 Å². The molecule has 0 unspecified atom stereocenters. The van der Waals surface area contributed by atoms with E-state index in [1.807, 2.05) is 6.20 Å². The zero-order valence-corrected chi connectivity index (χ0v) is 18.8. The molecule has 7 nitrogen and oxygen atoms in total. The molecule has 0 spiro atoms. The fraction of sp³-hybridized carbons (Fsp3) is 0.650. The molecule has 0 saturated carbocycles. The molecule has 1 aliphatic heterocycles. The van der Waals surface area contributed by atoms with Gasteiger partial charge in [-0.05, 0) is 32.7 Å². The fourth-order valence-electron chi connectivity index (χ4n) is 3.33. The summed E-state index contributed by atoms with van der Waals surface area (Å²) in [6, 6.07) is 0. The van der Waals surface area contributed by atoms with Crippen molar-refractivity contribution < 1.29 is 0 Å². The zero-order valence-electron chi connectivity index (χ0n) is 17.9. The van der Waals surface area contributed by atoms with Gasteiger partial charge in [-0.15, -0.1) is 11.3 Å². The highest BCUT2D eigenvalue weighted by molar-refractivity contribution is 7.15. The van der Waals surface area contributed by atoms with Crippen LogP contribution in [-0.4, -0.2) is 52.2 Å². The predicted octanol–water partition coefficient (Wildman–Crippen LogP) is 2.19. The molecular formula is C20H33N5O2S. The summed E-state index contributed by atoms with van der Waals surface area (Å²) in [5.74, 6) is 0.246. The molecule has 8 heteroatoms. The van der Waals surface area contributed by atoms with Gasteiger partial charge in [0, 0.05) is 63.1 Å². The maximum atomic E-state index is 11.9. The highest BCUT2D eigenvalue weighted by Crippen LogP contribution is 2.22. The topological polar surface area (TPSA) is 63.4 Å². The van der Waals surface area contributed by atoms with Gasteiger partial charge >= 0.3 is 5.69 Å². The van der Waals surface area contributed by atoms with Crippen molar-refractivity contribution in [3.8, 4) is 0 Å². The van der Waals surface area contributed by atoms with Gasteiger partial charge in [-0.1, -0.05) is 13.8 Å². The van der Waals surface area contributed by atoms with Crippen molar-refractivity contribution in [1.82, 2.24) is 19.0 Å². The number of piperazine rings is 1. The van der Waals surface area contributed by atoms with E-state index < -0.39 is 0 Å². The number of aryl methyl sites for hydroxylation is 2. The number of aromatic nitrogens is 3. The molecule has 0 bridgehead atoms. The average molecular weight is 408 g/mol.